The minimum Gasteiger partial charge on any atom is -0.488 e. The third-order valence-corrected chi connectivity index (χ3v) is 4.20. The molecule has 0 N–H and O–H groups in total. The van der Waals surface area contributed by atoms with Gasteiger partial charge in [0.05, 0.1) is 10.7 Å². The molecule has 1 aliphatic rings. The number of benzene rings is 1. The molecule has 1 aromatic heterocycles. The highest BCUT2D eigenvalue weighted by atomic mass is 35.5. The fourth-order valence-corrected chi connectivity index (χ4v) is 2.96. The van der Waals surface area contributed by atoms with Crippen molar-refractivity contribution in [2.24, 2.45) is 0 Å². The van der Waals surface area contributed by atoms with E-state index in [0.717, 1.165) is 22.4 Å². The molecule has 0 unspecified atom stereocenters. The summed E-state index contributed by atoms with van der Waals surface area (Å²) < 4.78 is 31.2. The van der Waals surface area contributed by atoms with Gasteiger partial charge in [-0.1, -0.05) is 11.6 Å². The lowest BCUT2D eigenvalue weighted by Gasteiger charge is -2.24. The third kappa shape index (κ3) is 2.61. The predicted octanol–water partition coefficient (Wildman–Crippen LogP) is 3.68. The number of ether oxygens (including phenoxy) is 1. The summed E-state index contributed by atoms with van der Waals surface area (Å²) in [7, 11) is 0. The first-order valence-corrected chi connectivity index (χ1v) is 7.29. The highest BCUT2D eigenvalue weighted by Crippen LogP contribution is 2.35. The molecular weight excluding hydrogens is 312 g/mol. The van der Waals surface area contributed by atoms with Gasteiger partial charge in [0.25, 0.3) is 12.0 Å². The summed E-state index contributed by atoms with van der Waals surface area (Å²) in [5.74, 6) is 0.412. The molecule has 0 fully saturated rings. The minimum absolute atomic E-state index is 0.130. The van der Waals surface area contributed by atoms with Crippen LogP contribution in [0.1, 0.15) is 11.1 Å². The molecular formula is C16H14ClF2NO2. The maximum absolute atomic E-state index is 12.2. The average Bonchev–Trinajstić information content (AvgIpc) is 2.49. The van der Waals surface area contributed by atoms with Crippen LogP contribution in [0.5, 0.6) is 5.75 Å². The first-order chi connectivity index (χ1) is 10.5. The number of hydrogen-bond donors (Lipinski definition) is 0. The highest BCUT2D eigenvalue weighted by molar-refractivity contribution is 6.31. The Bertz CT molecular complexity index is 786. The molecule has 0 atom stereocenters. The monoisotopic (exact) mass is 325 g/mol. The molecule has 6 heteroatoms. The first kappa shape index (κ1) is 15.0. The molecule has 0 amide bonds. The van der Waals surface area contributed by atoms with Gasteiger partial charge in [-0.15, -0.1) is 0 Å². The first-order valence-electron chi connectivity index (χ1n) is 6.91. The van der Waals surface area contributed by atoms with Crippen molar-refractivity contribution in [3.63, 3.8) is 0 Å². The standard InChI is InChI=1S/C16H14ClF2NO2/c1-9-13(17)7-15(21)20-5-4-10-6-11(22-8-14(18)19)2-3-12(10)16(9)20/h2-3,6-7,14H,4-5,8H2,1H3. The Morgan fingerprint density at radius 1 is 1.36 bits per heavy atom. The Kier molecular flexibility index (Phi) is 3.91. The average molecular weight is 326 g/mol. The van der Waals surface area contributed by atoms with E-state index in [9.17, 15) is 13.6 Å². The molecule has 0 spiro atoms. The third-order valence-electron chi connectivity index (χ3n) is 3.81. The molecule has 3 nitrogen and oxygen atoms in total. The van der Waals surface area contributed by atoms with Crippen molar-refractivity contribution in [2.45, 2.75) is 26.3 Å². The fraction of sp³-hybridized carbons (Fsp3) is 0.312. The second kappa shape index (κ2) is 5.72. The Balaban J connectivity index is 2.07. The Morgan fingerprint density at radius 3 is 2.86 bits per heavy atom. The number of aryl methyl sites for hydroxylation is 1. The van der Waals surface area contributed by atoms with Crippen LogP contribution in [0.4, 0.5) is 8.78 Å². The Hall–Kier alpha value is -1.88. The quantitative estimate of drug-likeness (QED) is 0.862. The fourth-order valence-electron chi connectivity index (χ4n) is 2.78. The SMILES string of the molecule is Cc1c(Cl)cc(=O)n2c1-c1ccc(OCC(F)F)cc1CC2. The van der Waals surface area contributed by atoms with Crippen molar-refractivity contribution in [3.05, 3.63) is 50.8 Å². The summed E-state index contributed by atoms with van der Waals surface area (Å²) in [4.78, 5) is 12.1. The van der Waals surface area contributed by atoms with E-state index in [1.807, 2.05) is 6.92 Å². The van der Waals surface area contributed by atoms with Gasteiger partial charge in [0.1, 0.15) is 12.4 Å². The highest BCUT2D eigenvalue weighted by Gasteiger charge is 2.21. The zero-order chi connectivity index (χ0) is 15.9. The maximum Gasteiger partial charge on any atom is 0.272 e. The molecule has 2 heterocycles. The van der Waals surface area contributed by atoms with E-state index in [2.05, 4.69) is 0 Å². The van der Waals surface area contributed by atoms with Gasteiger partial charge < -0.3 is 9.30 Å². The van der Waals surface area contributed by atoms with Gasteiger partial charge in [-0.05, 0) is 42.7 Å². The van der Waals surface area contributed by atoms with Gasteiger partial charge in [-0.2, -0.15) is 0 Å². The van der Waals surface area contributed by atoms with Crippen LogP contribution < -0.4 is 10.3 Å². The van der Waals surface area contributed by atoms with Gasteiger partial charge in [-0.25, -0.2) is 8.78 Å². The van der Waals surface area contributed by atoms with Crippen LogP contribution in [0.25, 0.3) is 11.3 Å². The molecule has 0 bridgehead atoms. The second-order valence-corrected chi connectivity index (χ2v) is 5.63. The number of halogens is 3. The van der Waals surface area contributed by atoms with E-state index in [0.29, 0.717) is 23.7 Å². The molecule has 1 aliphatic heterocycles. The van der Waals surface area contributed by atoms with E-state index in [4.69, 9.17) is 16.3 Å². The maximum atomic E-state index is 12.2. The molecule has 0 aliphatic carbocycles. The van der Waals surface area contributed by atoms with Crippen LogP contribution in [0.2, 0.25) is 5.02 Å². The summed E-state index contributed by atoms with van der Waals surface area (Å²) in [6, 6.07) is 6.61. The zero-order valence-corrected chi connectivity index (χ0v) is 12.7. The molecule has 22 heavy (non-hydrogen) atoms. The number of rotatable bonds is 3. The molecule has 0 saturated carbocycles. The Morgan fingerprint density at radius 2 is 2.14 bits per heavy atom. The minimum atomic E-state index is -2.50. The van der Waals surface area contributed by atoms with Crippen LogP contribution in [-0.2, 0) is 13.0 Å². The van der Waals surface area contributed by atoms with Gasteiger partial charge in [0, 0.05) is 18.2 Å². The number of pyridine rings is 1. The number of nitrogens with zero attached hydrogens (tertiary/aromatic N) is 1. The normalized spacial score (nSPS) is 13.0. The van der Waals surface area contributed by atoms with Gasteiger partial charge >= 0.3 is 0 Å². The second-order valence-electron chi connectivity index (χ2n) is 5.23. The molecule has 116 valence electrons. The smallest absolute Gasteiger partial charge is 0.272 e. The summed E-state index contributed by atoms with van der Waals surface area (Å²) in [5.41, 5.74) is 3.36. The zero-order valence-electron chi connectivity index (χ0n) is 11.9. The lowest BCUT2D eigenvalue weighted by Crippen LogP contribution is -2.26. The van der Waals surface area contributed by atoms with Gasteiger partial charge in [-0.3, -0.25) is 4.79 Å². The summed E-state index contributed by atoms with van der Waals surface area (Å²) in [6.07, 6.45) is -1.86. The van der Waals surface area contributed by atoms with Gasteiger partial charge in [0.2, 0.25) is 0 Å². The van der Waals surface area contributed by atoms with Crippen LogP contribution in [0.3, 0.4) is 0 Å². The lowest BCUT2D eigenvalue weighted by molar-refractivity contribution is 0.0818. The topological polar surface area (TPSA) is 31.2 Å². The molecule has 2 aromatic rings. The summed E-state index contributed by atoms with van der Waals surface area (Å²) >= 11 is 6.11. The van der Waals surface area contributed by atoms with Crippen molar-refractivity contribution in [2.75, 3.05) is 6.61 Å². The molecule has 3 rings (SSSR count). The van der Waals surface area contributed by atoms with E-state index in [1.54, 1.807) is 22.8 Å². The van der Waals surface area contributed by atoms with Crippen molar-refractivity contribution >= 4 is 11.6 Å². The van der Waals surface area contributed by atoms with Crippen LogP contribution in [0, 0.1) is 6.92 Å². The van der Waals surface area contributed by atoms with Crippen LogP contribution in [0.15, 0.2) is 29.1 Å². The van der Waals surface area contributed by atoms with Crippen molar-refractivity contribution in [1.29, 1.82) is 0 Å². The molecule has 0 saturated heterocycles. The van der Waals surface area contributed by atoms with E-state index in [-0.39, 0.29) is 5.56 Å². The largest absolute Gasteiger partial charge is 0.488 e. The van der Waals surface area contributed by atoms with Crippen LogP contribution >= 0.6 is 11.6 Å². The summed E-state index contributed by atoms with van der Waals surface area (Å²) in [6.45, 7) is 1.78. The molecule has 1 aromatic carbocycles. The lowest BCUT2D eigenvalue weighted by atomic mass is 9.94. The predicted molar refractivity (Wildman–Crippen MR) is 81.1 cm³/mol. The number of fused-ring (bicyclic) bond motifs is 3. The Labute approximate surface area is 131 Å². The molecule has 0 radical (unpaired) electrons. The number of hydrogen-bond acceptors (Lipinski definition) is 2. The van der Waals surface area contributed by atoms with Crippen molar-refractivity contribution in [3.8, 4) is 17.0 Å². The van der Waals surface area contributed by atoms with E-state index >= 15 is 0 Å². The summed E-state index contributed by atoms with van der Waals surface area (Å²) in [5, 5.41) is 0.433. The van der Waals surface area contributed by atoms with Crippen LogP contribution in [-0.4, -0.2) is 17.6 Å². The number of aromatic nitrogens is 1. The van der Waals surface area contributed by atoms with E-state index in [1.165, 1.54) is 6.07 Å². The van der Waals surface area contributed by atoms with Gasteiger partial charge in [0.15, 0.2) is 0 Å². The van der Waals surface area contributed by atoms with E-state index < -0.39 is 13.0 Å². The number of alkyl halides is 2. The van der Waals surface area contributed by atoms with Crippen molar-refractivity contribution < 1.29 is 13.5 Å². The van der Waals surface area contributed by atoms with Crippen molar-refractivity contribution in [1.82, 2.24) is 4.57 Å².